The molecule has 0 saturated heterocycles. The fourth-order valence-electron chi connectivity index (χ4n) is 1.80. The highest BCUT2D eigenvalue weighted by atomic mass is 16.5. The molecule has 0 aliphatic heterocycles. The van der Waals surface area contributed by atoms with Gasteiger partial charge in [0.05, 0.1) is 12.7 Å². The quantitative estimate of drug-likeness (QED) is 0.780. The van der Waals surface area contributed by atoms with E-state index < -0.39 is 0 Å². The molecule has 2 aromatic rings. The standard InChI is InChI=1S/C13H12O4/c1-7(14)10-6-12(17-2)11-5-8(15)3-4-9(11)13(10)16/h3-6,15-16H,1-2H3. The molecule has 2 N–H and O–H groups in total. The number of hydrogen-bond donors (Lipinski definition) is 2. The number of hydrogen-bond acceptors (Lipinski definition) is 4. The molecule has 4 heteroatoms. The molecule has 0 heterocycles. The maximum absolute atomic E-state index is 11.4. The molecule has 0 aliphatic carbocycles. The largest absolute Gasteiger partial charge is 0.508 e. The van der Waals surface area contributed by atoms with Crippen LogP contribution in [-0.4, -0.2) is 23.1 Å². The monoisotopic (exact) mass is 232 g/mol. The van der Waals surface area contributed by atoms with Crippen molar-refractivity contribution in [3.63, 3.8) is 0 Å². The second-order valence-corrected chi connectivity index (χ2v) is 3.76. The van der Waals surface area contributed by atoms with Crippen molar-refractivity contribution in [3.05, 3.63) is 29.8 Å². The number of ketones is 1. The molecule has 17 heavy (non-hydrogen) atoms. The number of phenols is 2. The van der Waals surface area contributed by atoms with E-state index in [2.05, 4.69) is 0 Å². The first-order chi connectivity index (χ1) is 8.04. The summed E-state index contributed by atoms with van der Waals surface area (Å²) in [5.41, 5.74) is 0.208. The number of benzene rings is 2. The Morgan fingerprint density at radius 1 is 1.18 bits per heavy atom. The molecule has 0 saturated carbocycles. The van der Waals surface area contributed by atoms with Crippen molar-refractivity contribution in [2.24, 2.45) is 0 Å². The third-order valence-corrected chi connectivity index (χ3v) is 2.65. The summed E-state index contributed by atoms with van der Waals surface area (Å²) < 4.78 is 5.15. The van der Waals surface area contributed by atoms with Gasteiger partial charge in [-0.3, -0.25) is 4.79 Å². The van der Waals surface area contributed by atoms with Gasteiger partial charge in [0.25, 0.3) is 0 Å². The van der Waals surface area contributed by atoms with Gasteiger partial charge in [-0.25, -0.2) is 0 Å². The Labute approximate surface area is 98.1 Å². The summed E-state index contributed by atoms with van der Waals surface area (Å²) in [6, 6.07) is 5.96. The molecule has 0 spiro atoms. The summed E-state index contributed by atoms with van der Waals surface area (Å²) in [7, 11) is 1.47. The highest BCUT2D eigenvalue weighted by Crippen LogP contribution is 2.37. The van der Waals surface area contributed by atoms with E-state index in [-0.39, 0.29) is 22.8 Å². The van der Waals surface area contributed by atoms with Crippen LogP contribution in [0.1, 0.15) is 17.3 Å². The Bertz CT molecular complexity index is 602. The second kappa shape index (κ2) is 3.97. The van der Waals surface area contributed by atoms with E-state index in [1.54, 1.807) is 6.07 Å². The van der Waals surface area contributed by atoms with Crippen LogP contribution in [0.2, 0.25) is 0 Å². The van der Waals surface area contributed by atoms with Crippen molar-refractivity contribution < 1.29 is 19.7 Å². The Morgan fingerprint density at radius 3 is 2.47 bits per heavy atom. The van der Waals surface area contributed by atoms with Gasteiger partial charge >= 0.3 is 0 Å². The van der Waals surface area contributed by atoms with Crippen LogP contribution in [0.5, 0.6) is 17.2 Å². The third kappa shape index (κ3) is 1.78. The van der Waals surface area contributed by atoms with Crippen molar-refractivity contribution >= 4 is 16.6 Å². The van der Waals surface area contributed by atoms with E-state index in [9.17, 15) is 15.0 Å². The summed E-state index contributed by atoms with van der Waals surface area (Å²) >= 11 is 0. The first kappa shape index (κ1) is 11.3. The zero-order chi connectivity index (χ0) is 12.6. The lowest BCUT2D eigenvalue weighted by atomic mass is 10.0. The lowest BCUT2D eigenvalue weighted by Gasteiger charge is -2.10. The van der Waals surface area contributed by atoms with Gasteiger partial charge in [0.1, 0.15) is 17.2 Å². The molecule has 0 aromatic heterocycles. The molecule has 0 atom stereocenters. The van der Waals surface area contributed by atoms with E-state index in [4.69, 9.17) is 4.74 Å². The molecule has 0 unspecified atom stereocenters. The van der Waals surface area contributed by atoms with Crippen LogP contribution in [0.4, 0.5) is 0 Å². The minimum absolute atomic E-state index is 0.0748. The molecule has 0 amide bonds. The van der Waals surface area contributed by atoms with E-state index in [1.807, 2.05) is 0 Å². The lowest BCUT2D eigenvalue weighted by molar-refractivity contribution is 0.101. The van der Waals surface area contributed by atoms with Gasteiger partial charge in [-0.05, 0) is 31.2 Å². The summed E-state index contributed by atoms with van der Waals surface area (Å²) in [5, 5.41) is 20.4. The van der Waals surface area contributed by atoms with Gasteiger partial charge in [0.15, 0.2) is 5.78 Å². The Kier molecular flexibility index (Phi) is 2.63. The summed E-state index contributed by atoms with van der Waals surface area (Å²) in [5.74, 6) is 0.189. The SMILES string of the molecule is COc1cc(C(C)=O)c(O)c2ccc(O)cc12. The minimum atomic E-state index is -0.240. The highest BCUT2D eigenvalue weighted by molar-refractivity contribution is 6.06. The van der Waals surface area contributed by atoms with Crippen LogP contribution in [0.3, 0.4) is 0 Å². The Balaban J connectivity index is 2.89. The molecular formula is C13H12O4. The van der Waals surface area contributed by atoms with Crippen molar-refractivity contribution in [1.29, 1.82) is 0 Å². The molecule has 4 nitrogen and oxygen atoms in total. The predicted molar refractivity (Wildman–Crippen MR) is 63.8 cm³/mol. The topological polar surface area (TPSA) is 66.8 Å². The summed E-state index contributed by atoms with van der Waals surface area (Å²) in [6.45, 7) is 1.38. The fraction of sp³-hybridized carbons (Fsp3) is 0.154. The Hall–Kier alpha value is -2.23. The van der Waals surface area contributed by atoms with Crippen LogP contribution in [0.25, 0.3) is 10.8 Å². The van der Waals surface area contributed by atoms with Gasteiger partial charge < -0.3 is 14.9 Å². The van der Waals surface area contributed by atoms with E-state index in [1.165, 1.54) is 32.2 Å². The number of carbonyl (C=O) groups is 1. The second-order valence-electron chi connectivity index (χ2n) is 3.76. The maximum Gasteiger partial charge on any atom is 0.163 e. The number of methoxy groups -OCH3 is 1. The lowest BCUT2D eigenvalue weighted by Crippen LogP contribution is -1.96. The van der Waals surface area contributed by atoms with E-state index in [0.29, 0.717) is 16.5 Å². The number of carbonyl (C=O) groups excluding carboxylic acids is 1. The van der Waals surface area contributed by atoms with Crippen molar-refractivity contribution in [3.8, 4) is 17.2 Å². The first-order valence-electron chi connectivity index (χ1n) is 5.08. The number of rotatable bonds is 2. The summed E-state index contributed by atoms with van der Waals surface area (Å²) in [6.07, 6.45) is 0. The van der Waals surface area contributed by atoms with E-state index >= 15 is 0 Å². The first-order valence-corrected chi connectivity index (χ1v) is 5.08. The van der Waals surface area contributed by atoms with Gasteiger partial charge in [-0.15, -0.1) is 0 Å². The molecule has 0 radical (unpaired) electrons. The number of aromatic hydroxyl groups is 2. The zero-order valence-electron chi connectivity index (χ0n) is 9.52. The van der Waals surface area contributed by atoms with Crippen molar-refractivity contribution in [1.82, 2.24) is 0 Å². The van der Waals surface area contributed by atoms with Crippen LogP contribution in [0.15, 0.2) is 24.3 Å². The van der Waals surface area contributed by atoms with Crippen LogP contribution >= 0.6 is 0 Å². The third-order valence-electron chi connectivity index (χ3n) is 2.65. The molecule has 0 aliphatic rings. The maximum atomic E-state index is 11.4. The normalized spacial score (nSPS) is 10.5. The van der Waals surface area contributed by atoms with Crippen LogP contribution in [-0.2, 0) is 0 Å². The number of fused-ring (bicyclic) bond motifs is 1. The predicted octanol–water partition coefficient (Wildman–Crippen LogP) is 2.46. The molecule has 0 fully saturated rings. The van der Waals surface area contributed by atoms with Crippen LogP contribution in [0, 0.1) is 0 Å². The minimum Gasteiger partial charge on any atom is -0.508 e. The smallest absolute Gasteiger partial charge is 0.163 e. The summed E-state index contributed by atoms with van der Waals surface area (Å²) in [4.78, 5) is 11.4. The molecule has 2 aromatic carbocycles. The zero-order valence-corrected chi connectivity index (χ0v) is 9.52. The number of phenolic OH excluding ortho intramolecular Hbond substituents is 2. The highest BCUT2D eigenvalue weighted by Gasteiger charge is 2.15. The fourth-order valence-corrected chi connectivity index (χ4v) is 1.80. The van der Waals surface area contributed by atoms with Gasteiger partial charge in [-0.2, -0.15) is 0 Å². The molecule has 2 rings (SSSR count). The average Bonchev–Trinajstić information content (AvgIpc) is 2.29. The molecule has 0 bridgehead atoms. The van der Waals surface area contributed by atoms with Crippen LogP contribution < -0.4 is 4.74 Å². The van der Waals surface area contributed by atoms with E-state index in [0.717, 1.165) is 0 Å². The Morgan fingerprint density at radius 2 is 1.88 bits per heavy atom. The van der Waals surface area contributed by atoms with Gasteiger partial charge in [-0.1, -0.05) is 0 Å². The van der Waals surface area contributed by atoms with Crippen molar-refractivity contribution in [2.75, 3.05) is 7.11 Å². The molecular weight excluding hydrogens is 220 g/mol. The average molecular weight is 232 g/mol. The molecule has 88 valence electrons. The van der Waals surface area contributed by atoms with Gasteiger partial charge in [0.2, 0.25) is 0 Å². The van der Waals surface area contributed by atoms with Gasteiger partial charge in [0, 0.05) is 10.8 Å². The van der Waals surface area contributed by atoms with Crippen molar-refractivity contribution in [2.45, 2.75) is 6.92 Å². The number of ether oxygens (including phenoxy) is 1. The number of Topliss-reactive ketones (excluding diaryl/α,β-unsaturated/α-hetero) is 1.